The van der Waals surface area contributed by atoms with Crippen LogP contribution in [-0.4, -0.2) is 24.1 Å². The fourth-order valence-corrected chi connectivity index (χ4v) is 1.49. The van der Waals surface area contributed by atoms with E-state index < -0.39 is 0 Å². The molecule has 0 aliphatic rings. The molecule has 82 valence electrons. The summed E-state index contributed by atoms with van der Waals surface area (Å²) < 4.78 is 3.57. The van der Waals surface area contributed by atoms with Gasteiger partial charge in [-0.05, 0) is 17.9 Å². The van der Waals surface area contributed by atoms with Crippen LogP contribution in [0.1, 0.15) is 11.5 Å². The summed E-state index contributed by atoms with van der Waals surface area (Å²) in [5.74, 6) is 6.68. The van der Waals surface area contributed by atoms with E-state index in [0.29, 0.717) is 5.69 Å². The van der Waals surface area contributed by atoms with Crippen LogP contribution in [-0.2, 0) is 7.05 Å². The summed E-state index contributed by atoms with van der Waals surface area (Å²) in [4.78, 5) is 8.48. The molecule has 17 heavy (non-hydrogen) atoms. The minimum absolute atomic E-state index is 0.709. The molecule has 0 unspecified atom stereocenters. The molecule has 0 spiro atoms. The molecule has 0 bridgehead atoms. The molecule has 0 N–H and O–H groups in total. The van der Waals surface area contributed by atoms with Crippen LogP contribution >= 0.6 is 0 Å². The molecule has 0 aliphatic heterocycles. The Morgan fingerprint density at radius 1 is 1.12 bits per heavy atom. The van der Waals surface area contributed by atoms with Crippen molar-refractivity contribution in [3.05, 3.63) is 48.4 Å². The molecule has 0 aromatic carbocycles. The van der Waals surface area contributed by atoms with E-state index in [1.54, 1.807) is 16.9 Å². The molecule has 0 aliphatic carbocycles. The molecule has 0 radical (unpaired) electrons. The third-order valence-corrected chi connectivity index (χ3v) is 2.38. The summed E-state index contributed by atoms with van der Waals surface area (Å²) in [6.45, 7) is 0. The van der Waals surface area contributed by atoms with E-state index in [1.807, 2.05) is 36.1 Å². The molecule has 0 saturated carbocycles. The molecule has 3 rings (SSSR count). The molecule has 0 atom stereocenters. The molecule has 0 saturated heterocycles. The van der Waals surface area contributed by atoms with Gasteiger partial charge in [-0.3, -0.25) is 0 Å². The number of nitrogens with zero attached hydrogens (tertiary/aromatic N) is 5. The Balaban J connectivity index is 2.00. The standard InChI is InChI=1S/C12H9N5/c1-16-9-7-13-11(16)3-2-10-5-8-17-12(15-10)4-6-14-17/h4-9H,1H3. The summed E-state index contributed by atoms with van der Waals surface area (Å²) in [5.41, 5.74) is 1.50. The number of aryl methyl sites for hydroxylation is 1. The maximum atomic E-state index is 4.35. The van der Waals surface area contributed by atoms with Gasteiger partial charge in [0.05, 0.1) is 6.20 Å². The average Bonchev–Trinajstić information content (AvgIpc) is 2.94. The Bertz CT molecular complexity index is 726. The van der Waals surface area contributed by atoms with Crippen molar-refractivity contribution in [1.82, 2.24) is 24.1 Å². The van der Waals surface area contributed by atoms with Gasteiger partial charge in [-0.2, -0.15) is 5.10 Å². The van der Waals surface area contributed by atoms with E-state index >= 15 is 0 Å². The highest BCUT2D eigenvalue weighted by Crippen LogP contribution is 2.00. The molecule has 3 heterocycles. The van der Waals surface area contributed by atoms with Crippen molar-refractivity contribution in [1.29, 1.82) is 0 Å². The Morgan fingerprint density at radius 3 is 2.88 bits per heavy atom. The van der Waals surface area contributed by atoms with Crippen LogP contribution in [0, 0.1) is 11.8 Å². The van der Waals surface area contributed by atoms with E-state index in [4.69, 9.17) is 0 Å². The Morgan fingerprint density at radius 2 is 2.06 bits per heavy atom. The number of fused-ring (bicyclic) bond motifs is 1. The van der Waals surface area contributed by atoms with E-state index in [9.17, 15) is 0 Å². The van der Waals surface area contributed by atoms with Crippen LogP contribution < -0.4 is 0 Å². The molecule has 0 amide bonds. The van der Waals surface area contributed by atoms with Crippen LogP contribution in [0.3, 0.4) is 0 Å². The molecule has 3 aromatic rings. The zero-order chi connectivity index (χ0) is 11.7. The van der Waals surface area contributed by atoms with Gasteiger partial charge >= 0.3 is 0 Å². The van der Waals surface area contributed by atoms with Crippen LogP contribution in [0.4, 0.5) is 0 Å². The lowest BCUT2D eigenvalue weighted by atomic mass is 10.4. The minimum atomic E-state index is 0.709. The van der Waals surface area contributed by atoms with Gasteiger partial charge in [-0.1, -0.05) is 0 Å². The highest BCUT2D eigenvalue weighted by molar-refractivity contribution is 5.42. The zero-order valence-electron chi connectivity index (χ0n) is 9.20. The molecule has 5 heteroatoms. The molecular weight excluding hydrogens is 214 g/mol. The van der Waals surface area contributed by atoms with Crippen molar-refractivity contribution in [3.8, 4) is 11.8 Å². The van der Waals surface area contributed by atoms with Crippen LogP contribution in [0.15, 0.2) is 36.9 Å². The van der Waals surface area contributed by atoms with E-state index in [2.05, 4.69) is 26.9 Å². The topological polar surface area (TPSA) is 48.0 Å². The van der Waals surface area contributed by atoms with Crippen LogP contribution in [0.25, 0.3) is 5.65 Å². The van der Waals surface area contributed by atoms with Crippen molar-refractivity contribution in [2.75, 3.05) is 0 Å². The summed E-state index contributed by atoms with van der Waals surface area (Å²) in [6, 6.07) is 3.67. The van der Waals surface area contributed by atoms with Crippen LogP contribution in [0.5, 0.6) is 0 Å². The van der Waals surface area contributed by atoms with Gasteiger partial charge in [-0.25, -0.2) is 14.5 Å². The Kier molecular flexibility index (Phi) is 2.12. The van der Waals surface area contributed by atoms with Crippen molar-refractivity contribution < 1.29 is 0 Å². The fraction of sp³-hybridized carbons (Fsp3) is 0.0833. The van der Waals surface area contributed by atoms with E-state index in [1.165, 1.54) is 0 Å². The first-order valence-electron chi connectivity index (χ1n) is 5.13. The molecule has 3 aromatic heterocycles. The highest BCUT2D eigenvalue weighted by atomic mass is 15.2. The molecular formula is C12H9N5. The molecule has 0 fully saturated rings. The summed E-state index contributed by atoms with van der Waals surface area (Å²) >= 11 is 0. The zero-order valence-corrected chi connectivity index (χ0v) is 9.20. The lowest BCUT2D eigenvalue weighted by Crippen LogP contribution is -1.93. The van der Waals surface area contributed by atoms with Crippen molar-refractivity contribution in [2.24, 2.45) is 7.05 Å². The van der Waals surface area contributed by atoms with Crippen LogP contribution in [0.2, 0.25) is 0 Å². The highest BCUT2D eigenvalue weighted by Gasteiger charge is 1.96. The third kappa shape index (κ3) is 1.76. The van der Waals surface area contributed by atoms with Crippen molar-refractivity contribution in [2.45, 2.75) is 0 Å². The number of imidazole rings is 1. The predicted octanol–water partition coefficient (Wildman–Crippen LogP) is 0.863. The second-order valence-electron chi connectivity index (χ2n) is 3.56. The first kappa shape index (κ1) is 9.60. The maximum Gasteiger partial charge on any atom is 0.185 e. The largest absolute Gasteiger partial charge is 0.327 e. The molecule has 5 nitrogen and oxygen atoms in total. The quantitative estimate of drug-likeness (QED) is 0.531. The lowest BCUT2D eigenvalue weighted by molar-refractivity contribution is 0.893. The summed E-state index contributed by atoms with van der Waals surface area (Å²) in [7, 11) is 1.91. The number of hydrogen-bond donors (Lipinski definition) is 0. The first-order valence-corrected chi connectivity index (χ1v) is 5.13. The maximum absolute atomic E-state index is 4.35. The number of aromatic nitrogens is 5. The van der Waals surface area contributed by atoms with Gasteiger partial charge in [0.15, 0.2) is 11.5 Å². The van der Waals surface area contributed by atoms with Gasteiger partial charge < -0.3 is 4.57 Å². The van der Waals surface area contributed by atoms with E-state index in [-0.39, 0.29) is 0 Å². The predicted molar refractivity (Wildman–Crippen MR) is 62.2 cm³/mol. The average molecular weight is 223 g/mol. The van der Waals surface area contributed by atoms with Gasteiger partial charge in [0, 0.05) is 31.7 Å². The van der Waals surface area contributed by atoms with Gasteiger partial charge in [-0.15, -0.1) is 0 Å². The lowest BCUT2D eigenvalue weighted by Gasteiger charge is -1.93. The third-order valence-electron chi connectivity index (χ3n) is 2.38. The Labute approximate surface area is 97.7 Å². The second kappa shape index (κ2) is 3.76. The smallest absolute Gasteiger partial charge is 0.185 e. The SMILES string of the molecule is Cn1ccnc1C#Cc1ccn2nccc2n1. The van der Waals surface area contributed by atoms with Crippen molar-refractivity contribution >= 4 is 5.65 Å². The van der Waals surface area contributed by atoms with Gasteiger partial charge in [0.1, 0.15) is 5.69 Å². The first-order chi connectivity index (χ1) is 8.33. The monoisotopic (exact) mass is 223 g/mol. The number of rotatable bonds is 0. The minimum Gasteiger partial charge on any atom is -0.327 e. The summed E-state index contributed by atoms with van der Waals surface area (Å²) in [6.07, 6.45) is 7.12. The fourth-order valence-electron chi connectivity index (χ4n) is 1.49. The van der Waals surface area contributed by atoms with Gasteiger partial charge in [0.2, 0.25) is 0 Å². The Hall–Kier alpha value is -2.61. The van der Waals surface area contributed by atoms with Crippen molar-refractivity contribution in [3.63, 3.8) is 0 Å². The second-order valence-corrected chi connectivity index (χ2v) is 3.56. The number of hydrogen-bond acceptors (Lipinski definition) is 3. The normalized spacial score (nSPS) is 10.2. The van der Waals surface area contributed by atoms with Gasteiger partial charge in [0.25, 0.3) is 0 Å². The summed E-state index contributed by atoms with van der Waals surface area (Å²) in [5, 5.41) is 4.07. The van der Waals surface area contributed by atoms with E-state index in [0.717, 1.165) is 11.5 Å².